The lowest BCUT2D eigenvalue weighted by atomic mass is 9.91. The molecule has 0 saturated carbocycles. The number of carboxylic acid groups (broad SMARTS) is 1. The number of carboxylic acids is 1. The van der Waals surface area contributed by atoms with E-state index in [1.807, 2.05) is 24.3 Å². The van der Waals surface area contributed by atoms with Crippen LogP contribution in [0.15, 0.2) is 42.5 Å². The summed E-state index contributed by atoms with van der Waals surface area (Å²) in [6.07, 6.45) is 0.292. The van der Waals surface area contributed by atoms with Gasteiger partial charge in [-0.1, -0.05) is 24.3 Å². The fourth-order valence-corrected chi connectivity index (χ4v) is 3.38. The average Bonchev–Trinajstić information content (AvgIpc) is 2.71. The van der Waals surface area contributed by atoms with Crippen molar-refractivity contribution in [2.24, 2.45) is 0 Å². The van der Waals surface area contributed by atoms with Crippen LogP contribution in [0, 0.1) is 0 Å². The summed E-state index contributed by atoms with van der Waals surface area (Å²) in [5.74, 6) is 0.0755. The summed E-state index contributed by atoms with van der Waals surface area (Å²) in [4.78, 5) is 24.4. The van der Waals surface area contributed by atoms with Gasteiger partial charge in [-0.05, 0) is 30.2 Å². The second kappa shape index (κ2) is 8.65. The summed E-state index contributed by atoms with van der Waals surface area (Å²) in [6.45, 7) is 0.440. The van der Waals surface area contributed by atoms with Crippen LogP contribution in [0.2, 0.25) is 0 Å². The molecule has 0 aromatic heterocycles. The molecule has 1 heterocycles. The molecule has 7 nitrogen and oxygen atoms in total. The summed E-state index contributed by atoms with van der Waals surface area (Å²) >= 11 is 0. The number of carbonyl (C=O) groups excluding carboxylic acids is 1. The van der Waals surface area contributed by atoms with Gasteiger partial charge in [0.05, 0.1) is 39.2 Å². The van der Waals surface area contributed by atoms with Crippen LogP contribution >= 0.6 is 0 Å². The highest BCUT2D eigenvalue weighted by Crippen LogP contribution is 2.35. The molecule has 0 fully saturated rings. The van der Waals surface area contributed by atoms with Crippen molar-refractivity contribution < 1.29 is 28.9 Å². The van der Waals surface area contributed by atoms with Gasteiger partial charge in [-0.3, -0.25) is 9.59 Å². The second-order valence-corrected chi connectivity index (χ2v) is 6.50. The molecule has 148 valence electrons. The number of carbonyl (C=O) groups is 2. The highest BCUT2D eigenvalue weighted by atomic mass is 16.5. The molecular weight excluding hydrogens is 362 g/mol. The first-order valence-corrected chi connectivity index (χ1v) is 8.99. The van der Waals surface area contributed by atoms with Crippen molar-refractivity contribution in [1.29, 1.82) is 0 Å². The van der Waals surface area contributed by atoms with Gasteiger partial charge in [0, 0.05) is 5.56 Å². The zero-order valence-corrected chi connectivity index (χ0v) is 15.8. The number of ether oxygens (including phenoxy) is 3. The Bertz CT molecular complexity index is 866. The normalized spacial score (nSPS) is 16.3. The van der Waals surface area contributed by atoms with Crippen molar-refractivity contribution in [2.75, 3.05) is 20.8 Å². The van der Waals surface area contributed by atoms with Crippen molar-refractivity contribution in [1.82, 2.24) is 5.32 Å². The van der Waals surface area contributed by atoms with Crippen LogP contribution in [-0.2, 0) is 9.59 Å². The Balaban J connectivity index is 1.86. The number of aliphatic carboxylic acids is 1. The van der Waals surface area contributed by atoms with Gasteiger partial charge < -0.3 is 24.6 Å². The number of fused-ring (bicyclic) bond motifs is 1. The molecule has 0 bridgehead atoms. The van der Waals surface area contributed by atoms with Gasteiger partial charge in [-0.2, -0.15) is 0 Å². The van der Waals surface area contributed by atoms with Gasteiger partial charge in [0.25, 0.3) is 0 Å². The Labute approximate surface area is 163 Å². The fraction of sp³-hybridized carbons (Fsp3) is 0.333. The molecule has 0 aliphatic carbocycles. The Morgan fingerprint density at radius 2 is 1.93 bits per heavy atom. The molecule has 0 radical (unpaired) electrons. The Morgan fingerprint density at radius 3 is 2.64 bits per heavy atom. The number of nitrogens with one attached hydrogen (secondary N) is 1. The number of rotatable bonds is 7. The molecule has 2 atom stereocenters. The summed E-state index contributed by atoms with van der Waals surface area (Å²) < 4.78 is 16.1. The third kappa shape index (κ3) is 4.19. The Hall–Kier alpha value is -3.22. The average molecular weight is 385 g/mol. The van der Waals surface area contributed by atoms with Crippen molar-refractivity contribution >= 4 is 11.9 Å². The van der Waals surface area contributed by atoms with Crippen LogP contribution in [0.4, 0.5) is 0 Å². The standard InChI is InChI=1S/C21H23NO6/c1-26-18-8-7-13(11-19(18)27-2)16(12-20(23)24)22-21(25)15-9-10-28-17-6-4-3-5-14(15)17/h3-8,11,15-16H,9-10,12H2,1-2H3,(H,22,25)(H,23,24)/t15-,16+/m1/s1. The molecule has 1 aliphatic rings. The molecule has 3 rings (SSSR count). The molecule has 28 heavy (non-hydrogen) atoms. The van der Waals surface area contributed by atoms with E-state index < -0.39 is 12.0 Å². The smallest absolute Gasteiger partial charge is 0.305 e. The third-order valence-electron chi connectivity index (χ3n) is 4.78. The molecule has 2 aromatic rings. The molecule has 7 heteroatoms. The maximum Gasteiger partial charge on any atom is 0.305 e. The minimum absolute atomic E-state index is 0.225. The topological polar surface area (TPSA) is 94.1 Å². The van der Waals surface area contributed by atoms with Crippen LogP contribution in [0.5, 0.6) is 17.2 Å². The Kier molecular flexibility index (Phi) is 6.03. The highest BCUT2D eigenvalue weighted by Gasteiger charge is 2.30. The predicted octanol–water partition coefficient (Wildman–Crippen LogP) is 2.90. The fourth-order valence-electron chi connectivity index (χ4n) is 3.38. The lowest BCUT2D eigenvalue weighted by Crippen LogP contribution is -2.36. The van der Waals surface area contributed by atoms with E-state index >= 15 is 0 Å². The highest BCUT2D eigenvalue weighted by molar-refractivity contribution is 5.85. The molecule has 1 aliphatic heterocycles. The molecule has 2 N–H and O–H groups in total. The first-order chi connectivity index (χ1) is 13.5. The predicted molar refractivity (Wildman–Crippen MR) is 102 cm³/mol. The Morgan fingerprint density at radius 1 is 1.18 bits per heavy atom. The van der Waals surface area contributed by atoms with Crippen molar-refractivity contribution in [3.05, 3.63) is 53.6 Å². The minimum atomic E-state index is -1.01. The van der Waals surface area contributed by atoms with E-state index in [9.17, 15) is 14.7 Å². The number of benzene rings is 2. The molecule has 1 amide bonds. The maximum atomic E-state index is 13.0. The zero-order chi connectivity index (χ0) is 20.1. The van der Waals surface area contributed by atoms with Crippen LogP contribution < -0.4 is 19.5 Å². The van der Waals surface area contributed by atoms with Gasteiger partial charge >= 0.3 is 5.97 Å². The van der Waals surface area contributed by atoms with Gasteiger partial charge in [-0.25, -0.2) is 0 Å². The molecule has 0 spiro atoms. The van der Waals surface area contributed by atoms with E-state index in [2.05, 4.69) is 5.32 Å². The van der Waals surface area contributed by atoms with E-state index in [0.717, 1.165) is 5.56 Å². The van der Waals surface area contributed by atoms with Crippen LogP contribution in [-0.4, -0.2) is 37.8 Å². The summed E-state index contributed by atoms with van der Waals surface area (Å²) in [5.41, 5.74) is 1.45. The largest absolute Gasteiger partial charge is 0.493 e. The first kappa shape index (κ1) is 19.5. The summed E-state index contributed by atoms with van der Waals surface area (Å²) in [7, 11) is 3.03. The van der Waals surface area contributed by atoms with Crippen LogP contribution in [0.3, 0.4) is 0 Å². The lowest BCUT2D eigenvalue weighted by Gasteiger charge is -2.27. The molecular formula is C21H23NO6. The minimum Gasteiger partial charge on any atom is -0.493 e. The van der Waals surface area contributed by atoms with Gasteiger partial charge in [0.15, 0.2) is 11.5 Å². The number of para-hydroxylation sites is 1. The summed E-state index contributed by atoms with van der Waals surface area (Å²) in [6, 6.07) is 11.8. The van der Waals surface area contributed by atoms with E-state index in [4.69, 9.17) is 14.2 Å². The van der Waals surface area contributed by atoms with E-state index in [0.29, 0.717) is 35.8 Å². The molecule has 2 aromatic carbocycles. The second-order valence-electron chi connectivity index (χ2n) is 6.50. The van der Waals surface area contributed by atoms with Gasteiger partial charge in [0.1, 0.15) is 5.75 Å². The number of methoxy groups -OCH3 is 2. The first-order valence-electron chi connectivity index (χ1n) is 8.99. The summed E-state index contributed by atoms with van der Waals surface area (Å²) in [5, 5.41) is 12.2. The SMILES string of the molecule is COc1ccc([C@H](CC(=O)O)NC(=O)[C@@H]2CCOc3ccccc32)cc1OC. The van der Waals surface area contributed by atoms with E-state index in [1.54, 1.807) is 18.2 Å². The van der Waals surface area contributed by atoms with E-state index in [-0.39, 0.29) is 18.2 Å². The third-order valence-corrected chi connectivity index (χ3v) is 4.78. The van der Waals surface area contributed by atoms with Gasteiger partial charge in [-0.15, -0.1) is 0 Å². The lowest BCUT2D eigenvalue weighted by molar-refractivity contribution is -0.137. The zero-order valence-electron chi connectivity index (χ0n) is 15.8. The number of hydrogen-bond donors (Lipinski definition) is 2. The number of hydrogen-bond acceptors (Lipinski definition) is 5. The van der Waals surface area contributed by atoms with Gasteiger partial charge in [0.2, 0.25) is 5.91 Å². The van der Waals surface area contributed by atoms with Crippen LogP contribution in [0.1, 0.15) is 35.9 Å². The van der Waals surface area contributed by atoms with Crippen molar-refractivity contribution in [2.45, 2.75) is 24.8 Å². The van der Waals surface area contributed by atoms with Crippen molar-refractivity contribution in [3.63, 3.8) is 0 Å². The van der Waals surface area contributed by atoms with Crippen LogP contribution in [0.25, 0.3) is 0 Å². The van der Waals surface area contributed by atoms with Crippen molar-refractivity contribution in [3.8, 4) is 17.2 Å². The number of amides is 1. The quantitative estimate of drug-likeness (QED) is 0.761. The molecule has 0 unspecified atom stereocenters. The maximum absolute atomic E-state index is 13.0. The monoisotopic (exact) mass is 385 g/mol. The van der Waals surface area contributed by atoms with E-state index in [1.165, 1.54) is 14.2 Å². The molecule has 0 saturated heterocycles.